The molecule has 2 aromatic carbocycles. The van der Waals surface area contributed by atoms with Crippen LogP contribution < -0.4 is 4.90 Å². The van der Waals surface area contributed by atoms with Gasteiger partial charge in [0.15, 0.2) is 0 Å². The van der Waals surface area contributed by atoms with E-state index in [1.54, 1.807) is 0 Å². The van der Waals surface area contributed by atoms with E-state index >= 15 is 0 Å². The van der Waals surface area contributed by atoms with Crippen LogP contribution in [0.2, 0.25) is 0 Å². The Morgan fingerprint density at radius 3 is 2.24 bits per heavy atom. The fourth-order valence-corrected chi connectivity index (χ4v) is 2.29. The summed E-state index contributed by atoms with van der Waals surface area (Å²) in [5.41, 5.74) is 3.02. The van der Waals surface area contributed by atoms with Gasteiger partial charge in [-0.05, 0) is 36.2 Å². The van der Waals surface area contributed by atoms with Gasteiger partial charge in [-0.1, -0.05) is 37.3 Å². The van der Waals surface area contributed by atoms with Crippen molar-refractivity contribution in [1.82, 2.24) is 0 Å². The molecule has 0 saturated carbocycles. The van der Waals surface area contributed by atoms with E-state index in [4.69, 9.17) is 5.26 Å². The SMILES string of the molecule is CCC(O)c1ccc(N(CCC#N)c2ccccc2)cc1. The first-order chi connectivity index (χ1) is 10.3. The number of hydrogen-bond acceptors (Lipinski definition) is 3. The van der Waals surface area contributed by atoms with Crippen molar-refractivity contribution in [3.63, 3.8) is 0 Å². The normalized spacial score (nSPS) is 11.7. The zero-order chi connectivity index (χ0) is 15.1. The van der Waals surface area contributed by atoms with E-state index < -0.39 is 6.10 Å². The van der Waals surface area contributed by atoms with Crippen molar-refractivity contribution < 1.29 is 5.11 Å². The minimum atomic E-state index is -0.414. The Hall–Kier alpha value is -2.31. The number of rotatable bonds is 6. The smallest absolute Gasteiger partial charge is 0.0787 e. The summed E-state index contributed by atoms with van der Waals surface area (Å²) in [5, 5.41) is 18.7. The molecule has 108 valence electrons. The number of aliphatic hydroxyl groups is 1. The topological polar surface area (TPSA) is 47.3 Å². The number of nitriles is 1. The molecule has 2 rings (SSSR count). The lowest BCUT2D eigenvalue weighted by molar-refractivity contribution is 0.173. The van der Waals surface area contributed by atoms with Gasteiger partial charge in [-0.2, -0.15) is 5.26 Å². The molecule has 2 aromatic rings. The number of hydrogen-bond donors (Lipinski definition) is 1. The lowest BCUT2D eigenvalue weighted by atomic mass is 10.1. The van der Waals surface area contributed by atoms with Gasteiger partial charge in [0, 0.05) is 17.9 Å². The van der Waals surface area contributed by atoms with Crippen LogP contribution in [0.5, 0.6) is 0 Å². The van der Waals surface area contributed by atoms with E-state index in [1.807, 2.05) is 61.5 Å². The van der Waals surface area contributed by atoms with E-state index in [9.17, 15) is 5.11 Å². The second-order valence-electron chi connectivity index (χ2n) is 4.91. The van der Waals surface area contributed by atoms with Crippen molar-refractivity contribution in [1.29, 1.82) is 5.26 Å². The van der Waals surface area contributed by atoms with Crippen LogP contribution in [0.25, 0.3) is 0 Å². The number of aliphatic hydroxyl groups excluding tert-OH is 1. The van der Waals surface area contributed by atoms with Crippen LogP contribution in [0, 0.1) is 11.3 Å². The zero-order valence-corrected chi connectivity index (χ0v) is 12.2. The largest absolute Gasteiger partial charge is 0.388 e. The van der Waals surface area contributed by atoms with Gasteiger partial charge < -0.3 is 10.0 Å². The minimum Gasteiger partial charge on any atom is -0.388 e. The molecule has 0 aliphatic heterocycles. The summed E-state index contributed by atoms with van der Waals surface area (Å²) in [7, 11) is 0. The molecule has 3 nitrogen and oxygen atoms in total. The standard InChI is InChI=1S/C18H20N2O/c1-2-18(21)15-9-11-17(12-10-15)20(14-6-13-19)16-7-4-3-5-8-16/h3-5,7-12,18,21H,2,6,14H2,1H3. The predicted molar refractivity (Wildman–Crippen MR) is 85.4 cm³/mol. The Morgan fingerprint density at radius 2 is 1.67 bits per heavy atom. The maximum absolute atomic E-state index is 9.86. The van der Waals surface area contributed by atoms with Gasteiger partial charge in [0.2, 0.25) is 0 Å². The van der Waals surface area contributed by atoms with Gasteiger partial charge in [-0.3, -0.25) is 0 Å². The number of anilines is 2. The molecule has 3 heteroatoms. The van der Waals surface area contributed by atoms with Crippen molar-refractivity contribution >= 4 is 11.4 Å². The molecule has 0 saturated heterocycles. The molecular formula is C18H20N2O. The summed E-state index contributed by atoms with van der Waals surface area (Å²) < 4.78 is 0. The Kier molecular flexibility index (Phi) is 5.36. The molecule has 0 radical (unpaired) electrons. The van der Waals surface area contributed by atoms with Crippen LogP contribution in [0.1, 0.15) is 31.4 Å². The predicted octanol–water partition coefficient (Wildman–Crippen LogP) is 4.18. The van der Waals surface area contributed by atoms with Crippen molar-refractivity contribution in [2.24, 2.45) is 0 Å². The molecule has 1 N–H and O–H groups in total. The third-order valence-corrected chi connectivity index (χ3v) is 3.49. The Balaban J connectivity index is 2.27. The van der Waals surface area contributed by atoms with Crippen LogP contribution in [0.4, 0.5) is 11.4 Å². The van der Waals surface area contributed by atoms with Gasteiger partial charge in [-0.15, -0.1) is 0 Å². The lowest BCUT2D eigenvalue weighted by Crippen LogP contribution is -2.18. The average Bonchev–Trinajstić information content (AvgIpc) is 2.56. The van der Waals surface area contributed by atoms with Crippen LogP contribution in [0.3, 0.4) is 0 Å². The summed E-state index contributed by atoms with van der Waals surface area (Å²) in [5.74, 6) is 0. The highest BCUT2D eigenvalue weighted by Gasteiger charge is 2.10. The van der Waals surface area contributed by atoms with Gasteiger partial charge in [0.25, 0.3) is 0 Å². The minimum absolute atomic E-state index is 0.414. The maximum Gasteiger partial charge on any atom is 0.0787 e. The molecular weight excluding hydrogens is 260 g/mol. The first-order valence-electron chi connectivity index (χ1n) is 7.23. The number of benzene rings is 2. The fourth-order valence-electron chi connectivity index (χ4n) is 2.29. The molecule has 0 amide bonds. The third kappa shape index (κ3) is 3.84. The van der Waals surface area contributed by atoms with Gasteiger partial charge in [0.05, 0.1) is 18.6 Å². The van der Waals surface area contributed by atoms with Crippen molar-refractivity contribution in [3.05, 3.63) is 60.2 Å². The molecule has 0 aliphatic rings. The molecule has 0 aliphatic carbocycles. The van der Waals surface area contributed by atoms with E-state index in [0.717, 1.165) is 16.9 Å². The Labute approximate surface area is 126 Å². The summed E-state index contributed by atoms with van der Waals surface area (Å²) in [4.78, 5) is 2.12. The summed E-state index contributed by atoms with van der Waals surface area (Å²) in [6.45, 7) is 2.61. The lowest BCUT2D eigenvalue weighted by Gasteiger charge is -2.24. The van der Waals surface area contributed by atoms with E-state index in [-0.39, 0.29) is 0 Å². The Morgan fingerprint density at radius 1 is 1.05 bits per heavy atom. The molecule has 0 spiro atoms. The first-order valence-corrected chi connectivity index (χ1v) is 7.23. The van der Waals surface area contributed by atoms with Crippen LogP contribution in [-0.4, -0.2) is 11.7 Å². The fraction of sp³-hybridized carbons (Fsp3) is 0.278. The zero-order valence-electron chi connectivity index (χ0n) is 12.2. The molecule has 21 heavy (non-hydrogen) atoms. The van der Waals surface area contributed by atoms with Gasteiger partial charge >= 0.3 is 0 Å². The van der Waals surface area contributed by atoms with Crippen molar-refractivity contribution in [2.45, 2.75) is 25.9 Å². The number of para-hydroxylation sites is 1. The van der Waals surface area contributed by atoms with E-state index in [0.29, 0.717) is 19.4 Å². The van der Waals surface area contributed by atoms with E-state index in [1.165, 1.54) is 0 Å². The molecule has 0 heterocycles. The number of nitrogens with zero attached hydrogens (tertiary/aromatic N) is 2. The van der Waals surface area contributed by atoms with Crippen LogP contribution in [-0.2, 0) is 0 Å². The molecule has 1 atom stereocenters. The highest BCUT2D eigenvalue weighted by Crippen LogP contribution is 2.27. The third-order valence-electron chi connectivity index (χ3n) is 3.49. The van der Waals surface area contributed by atoms with Gasteiger partial charge in [0.1, 0.15) is 0 Å². The monoisotopic (exact) mass is 280 g/mol. The molecule has 1 unspecified atom stereocenters. The molecule has 0 aromatic heterocycles. The first kappa shape index (κ1) is 15.1. The molecule has 0 bridgehead atoms. The van der Waals surface area contributed by atoms with Gasteiger partial charge in [-0.25, -0.2) is 0 Å². The van der Waals surface area contributed by atoms with E-state index in [2.05, 4.69) is 11.0 Å². The quantitative estimate of drug-likeness (QED) is 0.863. The summed E-state index contributed by atoms with van der Waals surface area (Å²) in [6.07, 6.45) is 0.757. The van der Waals surface area contributed by atoms with Crippen molar-refractivity contribution in [3.8, 4) is 6.07 Å². The highest BCUT2D eigenvalue weighted by molar-refractivity contribution is 5.63. The Bertz CT molecular complexity index is 587. The maximum atomic E-state index is 9.86. The van der Waals surface area contributed by atoms with Crippen LogP contribution in [0.15, 0.2) is 54.6 Å². The highest BCUT2D eigenvalue weighted by atomic mass is 16.3. The second-order valence-corrected chi connectivity index (χ2v) is 4.91. The summed E-state index contributed by atoms with van der Waals surface area (Å²) >= 11 is 0. The van der Waals surface area contributed by atoms with Crippen molar-refractivity contribution in [2.75, 3.05) is 11.4 Å². The summed E-state index contributed by atoms with van der Waals surface area (Å²) in [6, 6.07) is 20.1. The molecule has 0 fully saturated rings. The average molecular weight is 280 g/mol. The second kappa shape index (κ2) is 7.47. The van der Waals surface area contributed by atoms with Crippen LogP contribution >= 0.6 is 0 Å².